The number of carbonyl (C=O) groups is 3. The minimum absolute atomic E-state index is 0.121. The molecule has 1 atom stereocenters. The van der Waals surface area contributed by atoms with Crippen LogP contribution in [0, 0.1) is 0 Å². The van der Waals surface area contributed by atoms with Crippen LogP contribution >= 0.6 is 23.2 Å². The van der Waals surface area contributed by atoms with Crippen molar-refractivity contribution < 1.29 is 23.9 Å². The van der Waals surface area contributed by atoms with Gasteiger partial charge in [-0.25, -0.2) is 10.4 Å². The van der Waals surface area contributed by atoms with E-state index in [1.165, 1.54) is 26.3 Å². The van der Waals surface area contributed by atoms with Gasteiger partial charge in [0.05, 0.1) is 12.8 Å². The van der Waals surface area contributed by atoms with E-state index in [2.05, 4.69) is 20.8 Å². The fourth-order valence-electron chi connectivity index (χ4n) is 3.27. The lowest BCUT2D eigenvalue weighted by Gasteiger charge is -2.16. The Kier molecular flexibility index (Phi) is 10.2. The first-order valence-electron chi connectivity index (χ1n) is 11.7. The van der Waals surface area contributed by atoms with Gasteiger partial charge in [0.15, 0.2) is 11.4 Å². The molecular weight excluding hydrogens is 531 g/mol. The Morgan fingerprint density at radius 3 is 2.08 bits per heavy atom. The van der Waals surface area contributed by atoms with Gasteiger partial charge in [-0.15, -0.1) is 0 Å². The second kappa shape index (κ2) is 13.6. The minimum Gasteiger partial charge on any atom is -0.493 e. The molecule has 198 valence electrons. The van der Waals surface area contributed by atoms with Gasteiger partial charge in [-0.3, -0.25) is 14.4 Å². The van der Waals surface area contributed by atoms with Crippen LogP contribution < -0.4 is 20.2 Å². The molecule has 9 nitrogen and oxygen atoms in total. The molecule has 11 heteroatoms. The van der Waals surface area contributed by atoms with E-state index in [9.17, 15) is 14.4 Å². The van der Waals surface area contributed by atoms with Gasteiger partial charge in [0, 0.05) is 39.9 Å². The third kappa shape index (κ3) is 7.53. The molecule has 0 fully saturated rings. The molecule has 0 spiro atoms. The Balaban J connectivity index is 1.79. The van der Waals surface area contributed by atoms with E-state index in [4.69, 9.17) is 32.7 Å². The molecule has 2 aromatic carbocycles. The number of aromatic nitrogens is 1. The standard InChI is InChI=1S/C27H26Cl2N4O5/c1-4-5-22(34)38-25-21(37-3)14-15-30-24(25)27(36)31-16(2)26(35)33-32-23(17-6-10-19(28)11-7-17)18-8-12-20(29)13-9-18/h6-16H,4-5H2,1-3H3,(H,31,36)(H,33,35)/t16-/m0/s1. The summed E-state index contributed by atoms with van der Waals surface area (Å²) >= 11 is 12.0. The molecule has 0 saturated heterocycles. The molecule has 3 aromatic rings. The lowest BCUT2D eigenvalue weighted by atomic mass is 10.0. The molecule has 0 saturated carbocycles. The fraction of sp³-hybridized carbons (Fsp3) is 0.222. The predicted octanol–water partition coefficient (Wildman–Crippen LogP) is 4.79. The first kappa shape index (κ1) is 28.6. The maximum atomic E-state index is 13.0. The maximum absolute atomic E-state index is 13.0. The Labute approximate surface area is 230 Å². The van der Waals surface area contributed by atoms with Crippen LogP contribution in [0.4, 0.5) is 0 Å². The topological polar surface area (TPSA) is 119 Å². The SMILES string of the molecule is CCCC(=O)Oc1c(OC)ccnc1C(=O)N[C@@H](C)C(=O)NN=C(c1ccc(Cl)cc1)c1ccc(Cl)cc1. The summed E-state index contributed by atoms with van der Waals surface area (Å²) < 4.78 is 10.6. The van der Waals surface area contributed by atoms with E-state index < -0.39 is 23.8 Å². The number of methoxy groups -OCH3 is 1. The van der Waals surface area contributed by atoms with Crippen LogP contribution in [0.2, 0.25) is 10.0 Å². The van der Waals surface area contributed by atoms with Crippen molar-refractivity contribution in [2.75, 3.05) is 7.11 Å². The number of nitrogens with one attached hydrogen (secondary N) is 2. The van der Waals surface area contributed by atoms with Crippen LogP contribution in [0.5, 0.6) is 11.5 Å². The summed E-state index contributed by atoms with van der Waals surface area (Å²) in [5.74, 6) is -1.82. The van der Waals surface area contributed by atoms with Crippen molar-refractivity contribution in [3.63, 3.8) is 0 Å². The Morgan fingerprint density at radius 1 is 0.974 bits per heavy atom. The first-order chi connectivity index (χ1) is 18.2. The lowest BCUT2D eigenvalue weighted by molar-refractivity contribution is -0.134. The van der Waals surface area contributed by atoms with Gasteiger partial charge in [-0.2, -0.15) is 5.10 Å². The quantitative estimate of drug-likeness (QED) is 0.210. The molecule has 2 N–H and O–H groups in total. The van der Waals surface area contributed by atoms with E-state index in [1.54, 1.807) is 48.5 Å². The largest absolute Gasteiger partial charge is 0.493 e. The van der Waals surface area contributed by atoms with E-state index in [0.29, 0.717) is 33.3 Å². The van der Waals surface area contributed by atoms with Crippen molar-refractivity contribution in [2.45, 2.75) is 32.7 Å². The molecule has 1 heterocycles. The highest BCUT2D eigenvalue weighted by Crippen LogP contribution is 2.30. The number of esters is 1. The fourth-order valence-corrected chi connectivity index (χ4v) is 3.52. The highest BCUT2D eigenvalue weighted by molar-refractivity contribution is 6.31. The number of hydrazone groups is 1. The Hall–Kier alpha value is -3.95. The van der Waals surface area contributed by atoms with Crippen LogP contribution in [0.3, 0.4) is 0 Å². The zero-order valence-corrected chi connectivity index (χ0v) is 22.5. The average Bonchev–Trinajstić information content (AvgIpc) is 2.90. The molecular formula is C27H26Cl2N4O5. The van der Waals surface area contributed by atoms with Crippen molar-refractivity contribution in [3.8, 4) is 11.5 Å². The maximum Gasteiger partial charge on any atom is 0.311 e. The number of pyridine rings is 1. The Bertz CT molecular complexity index is 1280. The minimum atomic E-state index is -1.02. The molecule has 1 aromatic heterocycles. The van der Waals surface area contributed by atoms with E-state index in [0.717, 1.165) is 0 Å². The summed E-state index contributed by atoms with van der Waals surface area (Å²) in [6.07, 6.45) is 2.05. The summed E-state index contributed by atoms with van der Waals surface area (Å²) in [5.41, 5.74) is 4.16. The second-order valence-corrected chi connectivity index (χ2v) is 8.93. The predicted molar refractivity (Wildman–Crippen MR) is 145 cm³/mol. The summed E-state index contributed by atoms with van der Waals surface area (Å²) in [6, 6.07) is 14.3. The zero-order chi connectivity index (χ0) is 27.7. The van der Waals surface area contributed by atoms with E-state index in [1.807, 2.05) is 6.92 Å². The third-order valence-electron chi connectivity index (χ3n) is 5.23. The number of rotatable bonds is 10. The number of nitrogens with zero attached hydrogens (tertiary/aromatic N) is 2. The van der Waals surface area contributed by atoms with Crippen LogP contribution in [0.25, 0.3) is 0 Å². The smallest absolute Gasteiger partial charge is 0.311 e. The number of hydrogen-bond acceptors (Lipinski definition) is 7. The van der Waals surface area contributed by atoms with Crippen molar-refractivity contribution in [3.05, 3.63) is 87.7 Å². The van der Waals surface area contributed by atoms with Crippen LogP contribution in [0.1, 0.15) is 48.3 Å². The van der Waals surface area contributed by atoms with Crippen molar-refractivity contribution >= 4 is 46.7 Å². The highest BCUT2D eigenvalue weighted by atomic mass is 35.5. The molecule has 0 unspecified atom stereocenters. The summed E-state index contributed by atoms with van der Waals surface area (Å²) in [6.45, 7) is 3.30. The number of amides is 2. The zero-order valence-electron chi connectivity index (χ0n) is 21.0. The van der Waals surface area contributed by atoms with E-state index >= 15 is 0 Å². The lowest BCUT2D eigenvalue weighted by Crippen LogP contribution is -2.44. The van der Waals surface area contributed by atoms with E-state index in [-0.39, 0.29) is 23.6 Å². The van der Waals surface area contributed by atoms with Crippen molar-refractivity contribution in [2.24, 2.45) is 5.10 Å². The average molecular weight is 557 g/mol. The molecule has 38 heavy (non-hydrogen) atoms. The van der Waals surface area contributed by atoms with Crippen LogP contribution in [-0.2, 0) is 9.59 Å². The number of benzene rings is 2. The monoisotopic (exact) mass is 556 g/mol. The van der Waals surface area contributed by atoms with Crippen molar-refractivity contribution in [1.82, 2.24) is 15.7 Å². The van der Waals surface area contributed by atoms with Gasteiger partial charge in [0.2, 0.25) is 5.75 Å². The molecule has 0 bridgehead atoms. The first-order valence-corrected chi connectivity index (χ1v) is 12.4. The molecule has 3 rings (SSSR count). The van der Waals surface area contributed by atoms with Crippen LogP contribution in [0.15, 0.2) is 65.9 Å². The number of halogens is 2. The molecule has 0 aliphatic rings. The highest BCUT2D eigenvalue weighted by Gasteiger charge is 2.24. The summed E-state index contributed by atoms with van der Waals surface area (Å²) in [7, 11) is 1.38. The Morgan fingerprint density at radius 2 is 1.55 bits per heavy atom. The van der Waals surface area contributed by atoms with Crippen LogP contribution in [-0.4, -0.2) is 41.6 Å². The number of hydrogen-bond donors (Lipinski definition) is 2. The summed E-state index contributed by atoms with van der Waals surface area (Å²) in [5, 5.41) is 7.95. The third-order valence-corrected chi connectivity index (χ3v) is 5.73. The van der Waals surface area contributed by atoms with Gasteiger partial charge in [-0.05, 0) is 37.6 Å². The van der Waals surface area contributed by atoms with Gasteiger partial charge in [0.1, 0.15) is 6.04 Å². The van der Waals surface area contributed by atoms with Crippen molar-refractivity contribution in [1.29, 1.82) is 0 Å². The molecule has 0 aliphatic heterocycles. The summed E-state index contributed by atoms with van der Waals surface area (Å²) in [4.78, 5) is 41.9. The van der Waals surface area contributed by atoms with Gasteiger partial charge in [-0.1, -0.05) is 54.4 Å². The molecule has 0 radical (unpaired) electrons. The van der Waals surface area contributed by atoms with Gasteiger partial charge in [0.25, 0.3) is 11.8 Å². The normalized spacial score (nSPS) is 11.2. The van der Waals surface area contributed by atoms with Gasteiger partial charge >= 0.3 is 5.97 Å². The second-order valence-electron chi connectivity index (χ2n) is 8.06. The molecule has 0 aliphatic carbocycles. The molecule has 2 amide bonds. The number of ether oxygens (including phenoxy) is 2. The van der Waals surface area contributed by atoms with Gasteiger partial charge < -0.3 is 14.8 Å². The number of carbonyl (C=O) groups excluding carboxylic acids is 3.